The third kappa shape index (κ3) is 7.01. The zero-order valence-electron chi connectivity index (χ0n) is 24.8. The molecular weight excluding hydrogens is 676 g/mol. The molecule has 2 atom stereocenters. The molecule has 236 valence electrons. The van der Waals surface area contributed by atoms with Gasteiger partial charge in [-0.2, -0.15) is 0 Å². The summed E-state index contributed by atoms with van der Waals surface area (Å²) in [5.74, 6) is -1.63. The van der Waals surface area contributed by atoms with Gasteiger partial charge < -0.3 is 20.5 Å². The predicted octanol–water partition coefficient (Wildman–Crippen LogP) is 6.96. The number of hydrogen-bond acceptors (Lipinski definition) is 7. The maximum atomic E-state index is 13.4. The Morgan fingerprint density at radius 2 is 1.58 bits per heavy atom. The minimum Gasteiger partial charge on any atom is -0.481 e. The summed E-state index contributed by atoms with van der Waals surface area (Å²) >= 11 is 4.56. The van der Waals surface area contributed by atoms with Crippen LogP contribution in [-0.4, -0.2) is 55.9 Å². The first-order valence-corrected chi connectivity index (χ1v) is 17.9. The van der Waals surface area contributed by atoms with Crippen molar-refractivity contribution in [3.05, 3.63) is 116 Å². The number of benzene rings is 3. The van der Waals surface area contributed by atoms with Gasteiger partial charge in [0, 0.05) is 29.9 Å². The summed E-state index contributed by atoms with van der Waals surface area (Å²) in [7, 11) is -3.87. The number of nitrogens with two attached hydrogens (primary N) is 1. The first-order chi connectivity index (χ1) is 21.5. The molecule has 0 radical (unpaired) electrons. The van der Waals surface area contributed by atoms with E-state index in [-0.39, 0.29) is 43.8 Å². The minimum atomic E-state index is -3.87. The highest BCUT2D eigenvalue weighted by molar-refractivity contribution is 9.11. The molecule has 0 spiro atoms. The van der Waals surface area contributed by atoms with Gasteiger partial charge >= 0.3 is 12.1 Å². The molecule has 1 saturated heterocycles. The van der Waals surface area contributed by atoms with E-state index < -0.39 is 33.1 Å². The second-order valence-corrected chi connectivity index (χ2v) is 16.1. The molecule has 11 heteroatoms. The van der Waals surface area contributed by atoms with Crippen LogP contribution in [0.1, 0.15) is 53.3 Å². The highest BCUT2D eigenvalue weighted by Gasteiger charge is 2.50. The van der Waals surface area contributed by atoms with Crippen molar-refractivity contribution in [1.29, 1.82) is 0 Å². The van der Waals surface area contributed by atoms with Gasteiger partial charge in [0.05, 0.1) is 16.0 Å². The molecule has 1 aliphatic carbocycles. The number of rotatable bonds is 6. The summed E-state index contributed by atoms with van der Waals surface area (Å²) in [6.45, 7) is 2.15. The zero-order chi connectivity index (χ0) is 32.2. The third-order valence-corrected chi connectivity index (χ3v) is 12.8. The molecule has 3 aromatic carbocycles. The molecule has 4 aromatic rings. The molecule has 6 rings (SSSR count). The lowest BCUT2D eigenvalue weighted by Crippen LogP contribution is -2.39. The molecule has 2 aliphatic rings. The predicted molar refractivity (Wildman–Crippen MR) is 180 cm³/mol. The number of nitrogens with zero attached hydrogens (tertiary/aromatic N) is 1. The van der Waals surface area contributed by atoms with Gasteiger partial charge in [-0.1, -0.05) is 78.9 Å². The Morgan fingerprint density at radius 1 is 0.978 bits per heavy atom. The van der Waals surface area contributed by atoms with Gasteiger partial charge in [0.1, 0.15) is 11.4 Å². The van der Waals surface area contributed by atoms with Gasteiger partial charge in [0.25, 0.3) is 0 Å². The maximum Gasteiger partial charge on any atom is 0.409 e. The topological polar surface area (TPSA) is 127 Å². The largest absolute Gasteiger partial charge is 0.481 e. The summed E-state index contributed by atoms with van der Waals surface area (Å²) in [4.78, 5) is 26.7. The van der Waals surface area contributed by atoms with Crippen LogP contribution < -0.4 is 5.73 Å². The number of carbonyl (C=O) groups excluding carboxylic acids is 1. The van der Waals surface area contributed by atoms with Crippen LogP contribution in [0.15, 0.2) is 94.8 Å². The number of amides is 1. The molecular formula is C34H35BrN2O6S2. The molecule has 0 saturated carbocycles. The molecule has 1 amide bonds. The van der Waals surface area contributed by atoms with E-state index >= 15 is 0 Å². The number of fused-ring (bicyclic) bond motifs is 3. The van der Waals surface area contributed by atoms with Gasteiger partial charge in [0.15, 0.2) is 9.84 Å². The van der Waals surface area contributed by atoms with Crippen LogP contribution in [0.25, 0.3) is 11.1 Å². The molecule has 0 unspecified atom stereocenters. The average Bonchev–Trinajstić information content (AvgIpc) is 3.57. The summed E-state index contributed by atoms with van der Waals surface area (Å²) in [6.07, 6.45) is -1.16. The maximum absolute atomic E-state index is 13.4. The Bertz CT molecular complexity index is 1730. The monoisotopic (exact) mass is 710 g/mol. The standard InChI is InChI=1S/C26H24BrNO6S2.C8H11N/c27-23-10-9-22(35-23)26(15-24(29)30)11-12-28(13-14-36(26,32)33)25(31)34-16-21-19-7-3-1-5-17(19)18-6-2-4-8-20(18)21;1-7(9)8-5-3-2-4-6-8/h1-10,21H,11-16H2,(H,29,30);2-7H,9H2,1H3/t26-;7-/m00/s1. The first kappa shape index (κ1) is 32.9. The van der Waals surface area contributed by atoms with Crippen LogP contribution >= 0.6 is 27.3 Å². The normalized spacial score (nSPS) is 19.3. The fourth-order valence-corrected chi connectivity index (χ4v) is 9.97. The van der Waals surface area contributed by atoms with E-state index in [0.717, 1.165) is 26.0 Å². The highest BCUT2D eigenvalue weighted by atomic mass is 79.9. The Labute approximate surface area is 275 Å². The van der Waals surface area contributed by atoms with Crippen molar-refractivity contribution in [2.45, 2.75) is 36.5 Å². The van der Waals surface area contributed by atoms with E-state index in [9.17, 15) is 23.1 Å². The summed E-state index contributed by atoms with van der Waals surface area (Å²) in [5, 5.41) is 9.59. The van der Waals surface area contributed by atoms with Crippen LogP contribution in [0.5, 0.6) is 0 Å². The smallest absolute Gasteiger partial charge is 0.409 e. The summed E-state index contributed by atoms with van der Waals surface area (Å²) < 4.78 is 31.7. The van der Waals surface area contributed by atoms with Crippen LogP contribution in [0.4, 0.5) is 4.79 Å². The minimum absolute atomic E-state index is 0.0151. The lowest BCUT2D eigenvalue weighted by Gasteiger charge is -2.29. The van der Waals surface area contributed by atoms with Crippen molar-refractivity contribution >= 4 is 49.2 Å². The Hall–Kier alpha value is -3.51. The second-order valence-electron chi connectivity index (χ2n) is 11.2. The SMILES string of the molecule is C[C@H](N)c1ccccc1.O=C(O)C[C@]1(c2ccc(Br)s2)CCN(C(=O)OCC2c3ccccc3-c3ccccc32)CCS1(=O)=O. The van der Waals surface area contributed by atoms with Crippen LogP contribution in [-0.2, 0) is 24.1 Å². The summed E-state index contributed by atoms with van der Waals surface area (Å²) in [5.41, 5.74) is 11.2. The molecule has 1 aliphatic heterocycles. The fraction of sp³-hybridized carbons (Fsp3) is 0.294. The quantitative estimate of drug-likeness (QED) is 0.222. The van der Waals surface area contributed by atoms with E-state index in [1.54, 1.807) is 12.1 Å². The Balaban J connectivity index is 0.000000383. The van der Waals surface area contributed by atoms with E-state index in [2.05, 4.69) is 28.1 Å². The molecule has 2 heterocycles. The van der Waals surface area contributed by atoms with E-state index in [1.807, 2.05) is 73.7 Å². The molecule has 8 nitrogen and oxygen atoms in total. The lowest BCUT2D eigenvalue weighted by molar-refractivity contribution is -0.137. The Morgan fingerprint density at radius 3 is 2.11 bits per heavy atom. The highest BCUT2D eigenvalue weighted by Crippen LogP contribution is 2.46. The summed E-state index contributed by atoms with van der Waals surface area (Å²) in [6, 6.07) is 29.7. The third-order valence-electron chi connectivity index (χ3n) is 8.39. The molecule has 45 heavy (non-hydrogen) atoms. The van der Waals surface area contributed by atoms with Crippen molar-refractivity contribution in [3.63, 3.8) is 0 Å². The Kier molecular flexibility index (Phi) is 10.1. The van der Waals surface area contributed by atoms with Gasteiger partial charge in [-0.3, -0.25) is 4.79 Å². The number of halogens is 1. The first-order valence-electron chi connectivity index (χ1n) is 14.6. The van der Waals surface area contributed by atoms with Gasteiger partial charge in [0.2, 0.25) is 0 Å². The van der Waals surface area contributed by atoms with Crippen LogP contribution in [0.2, 0.25) is 0 Å². The van der Waals surface area contributed by atoms with Gasteiger partial charge in [-0.05, 0) is 69.2 Å². The van der Waals surface area contributed by atoms with Gasteiger partial charge in [-0.15, -0.1) is 11.3 Å². The molecule has 1 aromatic heterocycles. The molecule has 0 bridgehead atoms. The number of carboxylic acids is 1. The lowest BCUT2D eigenvalue weighted by atomic mass is 9.97. The van der Waals surface area contributed by atoms with E-state index in [1.165, 1.54) is 21.8 Å². The number of ether oxygens (including phenoxy) is 1. The van der Waals surface area contributed by atoms with Crippen LogP contribution in [0.3, 0.4) is 0 Å². The van der Waals surface area contributed by atoms with Crippen molar-refractivity contribution in [3.8, 4) is 11.1 Å². The van der Waals surface area contributed by atoms with Crippen molar-refractivity contribution in [2.24, 2.45) is 5.73 Å². The average molecular weight is 712 g/mol. The number of sulfone groups is 1. The van der Waals surface area contributed by atoms with E-state index in [4.69, 9.17) is 10.5 Å². The van der Waals surface area contributed by atoms with E-state index in [0.29, 0.717) is 4.88 Å². The second kappa shape index (κ2) is 13.9. The number of hydrogen-bond donors (Lipinski definition) is 2. The number of carboxylic acid groups (broad SMARTS) is 1. The number of carbonyl (C=O) groups is 2. The van der Waals surface area contributed by atoms with Crippen molar-refractivity contribution in [2.75, 3.05) is 25.4 Å². The number of aliphatic carboxylic acids is 1. The van der Waals surface area contributed by atoms with Crippen molar-refractivity contribution < 1.29 is 27.9 Å². The van der Waals surface area contributed by atoms with Gasteiger partial charge in [-0.25, -0.2) is 13.2 Å². The zero-order valence-corrected chi connectivity index (χ0v) is 28.0. The fourth-order valence-electron chi connectivity index (χ4n) is 6.00. The van der Waals surface area contributed by atoms with Crippen molar-refractivity contribution in [1.82, 2.24) is 4.90 Å². The van der Waals surface area contributed by atoms with Crippen LogP contribution in [0, 0.1) is 0 Å². The molecule has 1 fully saturated rings. The number of thiophene rings is 1. The molecule has 3 N–H and O–H groups in total.